The van der Waals surface area contributed by atoms with Gasteiger partial charge in [-0.15, -0.1) is 0 Å². The zero-order chi connectivity index (χ0) is 16.9. The van der Waals surface area contributed by atoms with E-state index in [9.17, 15) is 0 Å². The lowest BCUT2D eigenvalue weighted by atomic mass is 9.97. The number of pyridine rings is 1. The van der Waals surface area contributed by atoms with Crippen molar-refractivity contribution in [3.05, 3.63) is 59.3 Å². The Morgan fingerprint density at radius 1 is 1.17 bits per heavy atom. The van der Waals surface area contributed by atoms with Crippen LogP contribution in [0.2, 0.25) is 0 Å². The molecule has 4 nitrogen and oxygen atoms in total. The van der Waals surface area contributed by atoms with E-state index in [0.29, 0.717) is 12.5 Å². The molecule has 0 aliphatic heterocycles. The Kier molecular flexibility index (Phi) is 5.16. The van der Waals surface area contributed by atoms with E-state index in [2.05, 4.69) is 30.1 Å². The molecule has 0 saturated heterocycles. The molecule has 0 unspecified atom stereocenters. The molecular formula is C20H25N3O. The molecule has 1 heterocycles. The lowest BCUT2D eigenvalue weighted by molar-refractivity contribution is 0.293. The molecule has 0 radical (unpaired) electrons. The fourth-order valence-electron chi connectivity index (χ4n) is 3.10. The number of nitrogens with zero attached hydrogens (tertiary/aromatic N) is 2. The summed E-state index contributed by atoms with van der Waals surface area (Å²) in [5, 5.41) is 1.63. The second-order valence-corrected chi connectivity index (χ2v) is 6.31. The minimum atomic E-state index is 0.457. The molecule has 3 rings (SSSR count). The number of rotatable bonds is 5. The zero-order valence-electron chi connectivity index (χ0n) is 14.5. The maximum absolute atomic E-state index is 5.97. The van der Waals surface area contributed by atoms with E-state index in [0.717, 1.165) is 35.3 Å². The second kappa shape index (κ2) is 7.49. The van der Waals surface area contributed by atoms with E-state index < -0.39 is 0 Å². The van der Waals surface area contributed by atoms with Crippen LogP contribution < -0.4 is 15.6 Å². The Labute approximate surface area is 143 Å². The van der Waals surface area contributed by atoms with E-state index >= 15 is 0 Å². The van der Waals surface area contributed by atoms with Crippen molar-refractivity contribution in [3.8, 4) is 5.88 Å². The van der Waals surface area contributed by atoms with Gasteiger partial charge in [-0.05, 0) is 55.9 Å². The van der Waals surface area contributed by atoms with Gasteiger partial charge in [0.05, 0.1) is 11.4 Å². The standard InChI is InChI=1S/C20H25N3O/c1-15-8-6-12-19(23(2)21)17(15)14-24-20-13-7-11-18(22-20)16-9-4-3-5-10-16/h6-9,11-13H,3-5,10,14,21H2,1-2H3. The van der Waals surface area contributed by atoms with E-state index in [4.69, 9.17) is 10.6 Å². The summed E-state index contributed by atoms with van der Waals surface area (Å²) >= 11 is 0. The normalized spacial score (nSPS) is 14.2. The predicted molar refractivity (Wildman–Crippen MR) is 98.8 cm³/mol. The topological polar surface area (TPSA) is 51.4 Å². The molecule has 2 aromatic rings. The highest BCUT2D eigenvalue weighted by Gasteiger charge is 2.11. The molecule has 1 aliphatic carbocycles. The molecular weight excluding hydrogens is 298 g/mol. The molecule has 24 heavy (non-hydrogen) atoms. The van der Waals surface area contributed by atoms with Crippen LogP contribution in [0.5, 0.6) is 5.88 Å². The van der Waals surface area contributed by atoms with E-state index in [-0.39, 0.29) is 0 Å². The first-order valence-corrected chi connectivity index (χ1v) is 8.51. The van der Waals surface area contributed by atoms with Crippen molar-refractivity contribution < 1.29 is 4.74 Å². The number of aryl methyl sites for hydroxylation is 1. The van der Waals surface area contributed by atoms with Crippen LogP contribution in [0, 0.1) is 6.92 Å². The molecule has 0 amide bonds. The van der Waals surface area contributed by atoms with E-state index in [1.165, 1.54) is 18.4 Å². The average Bonchev–Trinajstić information content (AvgIpc) is 2.61. The maximum Gasteiger partial charge on any atom is 0.214 e. The van der Waals surface area contributed by atoms with Crippen LogP contribution in [0.4, 0.5) is 5.69 Å². The van der Waals surface area contributed by atoms with Crippen molar-refractivity contribution in [1.82, 2.24) is 4.98 Å². The highest BCUT2D eigenvalue weighted by Crippen LogP contribution is 2.27. The minimum absolute atomic E-state index is 0.457. The van der Waals surface area contributed by atoms with Crippen molar-refractivity contribution in [2.24, 2.45) is 5.84 Å². The summed E-state index contributed by atoms with van der Waals surface area (Å²) in [5.41, 5.74) is 5.60. The predicted octanol–water partition coefficient (Wildman–Crippen LogP) is 4.24. The van der Waals surface area contributed by atoms with Crippen LogP contribution in [0.3, 0.4) is 0 Å². The van der Waals surface area contributed by atoms with E-state index in [1.807, 2.05) is 31.3 Å². The van der Waals surface area contributed by atoms with Gasteiger partial charge in [0, 0.05) is 18.7 Å². The number of hydrogen-bond acceptors (Lipinski definition) is 4. The molecule has 0 spiro atoms. The van der Waals surface area contributed by atoms with Crippen molar-refractivity contribution in [1.29, 1.82) is 0 Å². The van der Waals surface area contributed by atoms with Gasteiger partial charge in [0.1, 0.15) is 6.61 Å². The van der Waals surface area contributed by atoms with Crippen LogP contribution in [0.1, 0.15) is 42.5 Å². The highest BCUT2D eigenvalue weighted by atomic mass is 16.5. The van der Waals surface area contributed by atoms with Gasteiger partial charge in [-0.2, -0.15) is 0 Å². The first-order valence-electron chi connectivity index (χ1n) is 8.51. The maximum atomic E-state index is 5.97. The number of aromatic nitrogens is 1. The molecule has 0 fully saturated rings. The van der Waals surface area contributed by atoms with E-state index in [1.54, 1.807) is 5.01 Å². The third-order valence-corrected chi connectivity index (χ3v) is 4.47. The molecule has 1 aromatic carbocycles. The fraction of sp³-hybridized carbons (Fsp3) is 0.350. The lowest BCUT2D eigenvalue weighted by Gasteiger charge is -2.19. The Bertz CT molecular complexity index is 737. The van der Waals surface area contributed by atoms with Gasteiger partial charge >= 0.3 is 0 Å². The molecule has 1 aliphatic rings. The summed E-state index contributed by atoms with van der Waals surface area (Å²) in [6.45, 7) is 2.53. The first-order chi connectivity index (χ1) is 11.6. The summed E-state index contributed by atoms with van der Waals surface area (Å²) in [6, 6.07) is 12.1. The lowest BCUT2D eigenvalue weighted by Crippen LogP contribution is -2.26. The SMILES string of the molecule is Cc1cccc(N(C)N)c1COc1cccc(C2=CCCCC2)n1. The minimum Gasteiger partial charge on any atom is -0.473 e. The van der Waals surface area contributed by atoms with Gasteiger partial charge in [-0.3, -0.25) is 0 Å². The Morgan fingerprint density at radius 2 is 2.00 bits per heavy atom. The quantitative estimate of drug-likeness (QED) is 0.660. The molecule has 0 bridgehead atoms. The van der Waals surface area contributed by atoms with Crippen molar-refractivity contribution in [2.45, 2.75) is 39.2 Å². The number of ether oxygens (including phenoxy) is 1. The average molecular weight is 323 g/mol. The van der Waals surface area contributed by atoms with Gasteiger partial charge in [0.15, 0.2) is 0 Å². The smallest absolute Gasteiger partial charge is 0.214 e. The van der Waals surface area contributed by atoms with Crippen molar-refractivity contribution >= 4 is 11.3 Å². The largest absolute Gasteiger partial charge is 0.473 e. The summed E-state index contributed by atoms with van der Waals surface area (Å²) in [6.07, 6.45) is 7.09. The van der Waals surface area contributed by atoms with Crippen molar-refractivity contribution in [3.63, 3.8) is 0 Å². The van der Waals surface area contributed by atoms with Gasteiger partial charge in [0.2, 0.25) is 5.88 Å². The van der Waals surface area contributed by atoms with Gasteiger partial charge < -0.3 is 9.75 Å². The van der Waals surface area contributed by atoms with Crippen molar-refractivity contribution in [2.75, 3.05) is 12.1 Å². The Balaban J connectivity index is 1.77. The number of benzene rings is 1. The Morgan fingerprint density at radius 3 is 2.75 bits per heavy atom. The number of anilines is 1. The monoisotopic (exact) mass is 323 g/mol. The molecule has 0 saturated carbocycles. The third-order valence-electron chi connectivity index (χ3n) is 4.47. The van der Waals surface area contributed by atoms with Gasteiger partial charge in [-0.25, -0.2) is 10.8 Å². The second-order valence-electron chi connectivity index (χ2n) is 6.31. The zero-order valence-corrected chi connectivity index (χ0v) is 14.5. The molecule has 126 valence electrons. The number of hydrogen-bond donors (Lipinski definition) is 1. The number of allylic oxidation sites excluding steroid dienone is 2. The van der Waals surface area contributed by atoms with Gasteiger partial charge in [-0.1, -0.05) is 24.3 Å². The van der Waals surface area contributed by atoms with Crippen LogP contribution >= 0.6 is 0 Å². The molecule has 4 heteroatoms. The Hall–Kier alpha value is -2.33. The molecule has 1 aromatic heterocycles. The summed E-state index contributed by atoms with van der Waals surface area (Å²) in [4.78, 5) is 4.68. The highest BCUT2D eigenvalue weighted by molar-refractivity contribution is 5.63. The van der Waals surface area contributed by atoms with Crippen LogP contribution in [-0.2, 0) is 6.61 Å². The summed E-state index contributed by atoms with van der Waals surface area (Å²) < 4.78 is 5.97. The molecule has 2 N–H and O–H groups in total. The first kappa shape index (κ1) is 16.5. The number of nitrogens with two attached hydrogens (primary N) is 1. The van der Waals surface area contributed by atoms with Gasteiger partial charge in [0.25, 0.3) is 0 Å². The third kappa shape index (κ3) is 3.77. The van der Waals surface area contributed by atoms with Crippen LogP contribution in [-0.4, -0.2) is 12.0 Å². The fourth-order valence-corrected chi connectivity index (χ4v) is 3.10. The molecule has 0 atom stereocenters. The summed E-state index contributed by atoms with van der Waals surface area (Å²) in [7, 11) is 1.84. The number of hydrazine groups is 1. The van der Waals surface area contributed by atoms with Crippen LogP contribution in [0.25, 0.3) is 5.57 Å². The van der Waals surface area contributed by atoms with Crippen LogP contribution in [0.15, 0.2) is 42.5 Å². The summed E-state index contributed by atoms with van der Waals surface area (Å²) in [5.74, 6) is 6.59.